The Morgan fingerprint density at radius 3 is 2.50 bits per heavy atom. The fourth-order valence-corrected chi connectivity index (χ4v) is 3.87. The number of halogens is 5. The second-order valence-electron chi connectivity index (χ2n) is 6.46. The largest absolute Gasteiger partial charge is 0.545 e. The zero-order chi connectivity index (χ0) is 22.2. The summed E-state index contributed by atoms with van der Waals surface area (Å²) >= 11 is 9.10. The van der Waals surface area contributed by atoms with E-state index in [1.165, 1.54) is 41.0 Å². The second-order valence-corrected chi connectivity index (χ2v) is 7.78. The highest BCUT2D eigenvalue weighted by molar-refractivity contribution is 9.10. The Morgan fingerprint density at radius 1 is 1.23 bits per heavy atom. The molecule has 158 valence electrons. The molecule has 0 saturated heterocycles. The third kappa shape index (κ3) is 4.32. The first-order valence-electron chi connectivity index (χ1n) is 8.70. The molecule has 1 heterocycles. The van der Waals surface area contributed by atoms with Crippen LogP contribution in [0, 0.1) is 0 Å². The van der Waals surface area contributed by atoms with Gasteiger partial charge in [0.05, 0.1) is 16.5 Å². The molecule has 0 radical (unpaired) electrons. The van der Waals surface area contributed by atoms with Gasteiger partial charge in [0.15, 0.2) is 6.04 Å². The van der Waals surface area contributed by atoms with Crippen LogP contribution in [0.4, 0.5) is 13.2 Å². The van der Waals surface area contributed by atoms with Gasteiger partial charge in [0.25, 0.3) is 5.91 Å². The molecule has 0 fully saturated rings. The fraction of sp³-hybridized carbons (Fsp3) is 0.200. The van der Waals surface area contributed by atoms with Gasteiger partial charge in [0.1, 0.15) is 5.69 Å². The number of hydrogen-bond acceptors (Lipinski definition) is 3. The summed E-state index contributed by atoms with van der Waals surface area (Å²) in [6.45, 7) is 1.95. The number of aryl methyl sites for hydroxylation is 1. The molecule has 0 aliphatic heterocycles. The highest BCUT2D eigenvalue weighted by Crippen LogP contribution is 2.34. The Bertz CT molecular complexity index is 1140. The van der Waals surface area contributed by atoms with E-state index in [-0.39, 0.29) is 28.4 Å². The maximum absolute atomic E-state index is 13.7. The summed E-state index contributed by atoms with van der Waals surface area (Å²) in [5.41, 5.74) is -0.0367. The van der Waals surface area contributed by atoms with Crippen molar-refractivity contribution in [1.29, 1.82) is 0 Å². The third-order valence-corrected chi connectivity index (χ3v) is 5.35. The number of alkyl halides is 3. The van der Waals surface area contributed by atoms with E-state index >= 15 is 0 Å². The van der Waals surface area contributed by atoms with Crippen LogP contribution in [0.3, 0.4) is 0 Å². The number of fused-ring (bicyclic) bond motifs is 1. The normalized spacial score (nSPS) is 12.7. The number of carboxylic acids is 1. The van der Waals surface area contributed by atoms with Crippen LogP contribution >= 0.6 is 27.5 Å². The van der Waals surface area contributed by atoms with E-state index in [2.05, 4.69) is 15.9 Å². The molecule has 1 aromatic heterocycles. The lowest BCUT2D eigenvalue weighted by molar-refractivity contribution is -0.255. The molecule has 0 spiro atoms. The molecular formula is C20H14BrClF3N2O3-. The van der Waals surface area contributed by atoms with Crippen LogP contribution in [0.5, 0.6) is 0 Å². The van der Waals surface area contributed by atoms with E-state index in [1.807, 2.05) is 5.32 Å². The molecule has 2 aromatic carbocycles. The van der Waals surface area contributed by atoms with E-state index in [0.29, 0.717) is 15.4 Å². The number of amides is 1. The molecule has 0 bridgehead atoms. The van der Waals surface area contributed by atoms with Crippen molar-refractivity contribution in [2.24, 2.45) is 0 Å². The molecule has 30 heavy (non-hydrogen) atoms. The Morgan fingerprint density at radius 2 is 1.93 bits per heavy atom. The number of benzene rings is 2. The quantitative estimate of drug-likeness (QED) is 0.559. The lowest BCUT2D eigenvalue weighted by Gasteiger charge is -2.22. The van der Waals surface area contributed by atoms with Gasteiger partial charge in [-0.05, 0) is 42.8 Å². The van der Waals surface area contributed by atoms with Crippen LogP contribution in [-0.2, 0) is 6.54 Å². The standard InChI is InChI=1S/C20H15BrClF3N2O3/c1-2-27-15-9-14(22)13(19(29)30)7-11(15)8-16(27)18(28)26-17(20(23,24)25)10-4-3-5-12(21)6-10/h3-9,17H,2H2,1H3,(H,26,28)(H,29,30)/p-1. The smallest absolute Gasteiger partial charge is 0.412 e. The minimum atomic E-state index is -4.73. The van der Waals surface area contributed by atoms with Gasteiger partial charge in [0, 0.05) is 22.0 Å². The van der Waals surface area contributed by atoms with E-state index in [0.717, 1.165) is 0 Å². The van der Waals surface area contributed by atoms with Crippen molar-refractivity contribution in [3.8, 4) is 0 Å². The van der Waals surface area contributed by atoms with Crippen molar-refractivity contribution < 1.29 is 27.9 Å². The molecule has 0 aliphatic carbocycles. The van der Waals surface area contributed by atoms with E-state index in [1.54, 1.807) is 13.0 Å². The lowest BCUT2D eigenvalue weighted by Crippen LogP contribution is -2.38. The molecule has 10 heteroatoms. The number of hydrogen-bond donors (Lipinski definition) is 1. The van der Waals surface area contributed by atoms with Crippen molar-refractivity contribution in [3.05, 3.63) is 68.8 Å². The van der Waals surface area contributed by atoms with Gasteiger partial charge < -0.3 is 19.8 Å². The number of nitrogens with zero attached hydrogens (tertiary/aromatic N) is 1. The number of carboxylic acid groups (broad SMARTS) is 1. The highest BCUT2D eigenvalue weighted by Gasteiger charge is 2.42. The zero-order valence-corrected chi connectivity index (χ0v) is 17.7. The maximum atomic E-state index is 13.7. The molecule has 1 amide bonds. The number of aromatic nitrogens is 1. The molecule has 1 N–H and O–H groups in total. The van der Waals surface area contributed by atoms with Crippen molar-refractivity contribution in [3.63, 3.8) is 0 Å². The minimum Gasteiger partial charge on any atom is -0.545 e. The molecule has 3 aromatic rings. The van der Waals surface area contributed by atoms with Crippen LogP contribution in [0.1, 0.15) is 39.4 Å². The van der Waals surface area contributed by atoms with Crippen LogP contribution < -0.4 is 10.4 Å². The topological polar surface area (TPSA) is 74.2 Å². The first-order chi connectivity index (χ1) is 14.0. The number of rotatable bonds is 5. The van der Waals surface area contributed by atoms with Crippen LogP contribution in [0.2, 0.25) is 5.02 Å². The summed E-state index contributed by atoms with van der Waals surface area (Å²) in [5, 5.41) is 13.5. The molecule has 0 aliphatic rings. The Hall–Kier alpha value is -2.52. The highest BCUT2D eigenvalue weighted by atomic mass is 79.9. The average Bonchev–Trinajstić information content (AvgIpc) is 3.01. The fourth-order valence-electron chi connectivity index (χ4n) is 3.21. The molecule has 3 rings (SSSR count). The van der Waals surface area contributed by atoms with Crippen LogP contribution in [-0.4, -0.2) is 22.6 Å². The monoisotopic (exact) mass is 501 g/mol. The Kier molecular flexibility index (Phi) is 6.14. The predicted octanol–water partition coefficient (Wildman–Crippen LogP) is 4.47. The molecule has 1 unspecified atom stereocenters. The van der Waals surface area contributed by atoms with Gasteiger partial charge in [-0.25, -0.2) is 0 Å². The average molecular weight is 503 g/mol. The van der Waals surface area contributed by atoms with Crippen LogP contribution in [0.25, 0.3) is 10.9 Å². The number of carbonyl (C=O) groups is 2. The predicted molar refractivity (Wildman–Crippen MR) is 107 cm³/mol. The van der Waals surface area contributed by atoms with Gasteiger partial charge in [-0.1, -0.05) is 39.7 Å². The number of aromatic carboxylic acids is 1. The van der Waals surface area contributed by atoms with E-state index < -0.39 is 24.1 Å². The summed E-state index contributed by atoms with van der Waals surface area (Å²) in [7, 11) is 0. The number of nitrogens with one attached hydrogen (secondary N) is 1. The molecule has 5 nitrogen and oxygen atoms in total. The van der Waals surface area contributed by atoms with Crippen LogP contribution in [0.15, 0.2) is 46.9 Å². The Balaban J connectivity index is 2.05. The van der Waals surface area contributed by atoms with E-state index in [4.69, 9.17) is 11.6 Å². The maximum Gasteiger partial charge on any atom is 0.412 e. The van der Waals surface area contributed by atoms with Gasteiger partial charge >= 0.3 is 6.18 Å². The minimum absolute atomic E-state index is 0.0525. The van der Waals surface area contributed by atoms with Crippen molar-refractivity contribution in [2.75, 3.05) is 0 Å². The second kappa shape index (κ2) is 8.31. The summed E-state index contributed by atoms with van der Waals surface area (Å²) in [6, 6.07) is 7.23. The first kappa shape index (κ1) is 22.2. The van der Waals surface area contributed by atoms with Crippen molar-refractivity contribution in [1.82, 2.24) is 9.88 Å². The number of carbonyl (C=O) groups excluding carboxylic acids is 2. The SMILES string of the molecule is CCn1c(C(=O)NC(c2cccc(Br)c2)C(F)(F)F)cc2cc(C(=O)[O-])c(Cl)cc21. The van der Waals surface area contributed by atoms with E-state index in [9.17, 15) is 27.9 Å². The Labute approximate surface area is 182 Å². The summed E-state index contributed by atoms with van der Waals surface area (Å²) in [6.07, 6.45) is -4.73. The molecule has 0 saturated carbocycles. The van der Waals surface area contributed by atoms with Gasteiger partial charge in [-0.3, -0.25) is 4.79 Å². The molecular weight excluding hydrogens is 489 g/mol. The summed E-state index contributed by atoms with van der Waals surface area (Å²) in [4.78, 5) is 24.0. The van der Waals surface area contributed by atoms with Crippen molar-refractivity contribution in [2.45, 2.75) is 25.7 Å². The van der Waals surface area contributed by atoms with Crippen molar-refractivity contribution >= 4 is 50.3 Å². The zero-order valence-electron chi connectivity index (χ0n) is 15.4. The molecule has 1 atom stereocenters. The third-order valence-electron chi connectivity index (χ3n) is 4.54. The lowest BCUT2D eigenvalue weighted by atomic mass is 10.1. The summed E-state index contributed by atoms with van der Waals surface area (Å²) < 4.78 is 42.9. The first-order valence-corrected chi connectivity index (χ1v) is 9.87. The van der Waals surface area contributed by atoms with Gasteiger partial charge in [-0.2, -0.15) is 13.2 Å². The van der Waals surface area contributed by atoms with Gasteiger partial charge in [-0.15, -0.1) is 0 Å². The summed E-state index contributed by atoms with van der Waals surface area (Å²) in [5.74, 6) is -2.45. The van der Waals surface area contributed by atoms with Gasteiger partial charge in [0.2, 0.25) is 0 Å².